The molecule has 0 radical (unpaired) electrons. The van der Waals surface area contributed by atoms with E-state index in [0.717, 1.165) is 7.11 Å². The minimum Gasteiger partial charge on any atom is -0.400 e. The van der Waals surface area contributed by atoms with E-state index in [1.807, 2.05) is 0 Å². The quantitative estimate of drug-likeness (QED) is 0.594. The van der Waals surface area contributed by atoms with E-state index in [1.54, 1.807) is 0 Å². The van der Waals surface area contributed by atoms with E-state index in [2.05, 4.69) is 0 Å². The maximum Gasteiger partial charge on any atom is 0.203 e. The molecule has 0 spiro atoms. The average molecular weight is 200 g/mol. The molecule has 0 saturated heterocycles. The molecule has 1 N–H and O–H groups in total. The van der Waals surface area contributed by atoms with Gasteiger partial charge in [0.25, 0.3) is 0 Å². The van der Waals surface area contributed by atoms with E-state index >= 15 is 0 Å². The lowest BCUT2D eigenvalue weighted by molar-refractivity contribution is 0.399. The van der Waals surface area contributed by atoms with Crippen LogP contribution in [0, 0.1) is 0 Å². The molecule has 0 aromatic heterocycles. The van der Waals surface area contributed by atoms with Gasteiger partial charge in [0.1, 0.15) is 0 Å². The Hall–Kier alpha value is 1.12. The highest BCUT2D eigenvalue weighted by Gasteiger charge is 2.16. The van der Waals surface area contributed by atoms with Gasteiger partial charge in [0, 0.05) is 7.11 Å². The largest absolute Gasteiger partial charge is 0.400 e. The van der Waals surface area contributed by atoms with Gasteiger partial charge >= 0.3 is 0 Å². The molecule has 0 aromatic rings. The predicted molar refractivity (Wildman–Crippen MR) is 39.2 cm³/mol. The fourth-order valence-corrected chi connectivity index (χ4v) is 0. The van der Waals surface area contributed by atoms with Crippen molar-refractivity contribution in [2.24, 2.45) is 0 Å². The molecule has 0 atom stereocenters. The van der Waals surface area contributed by atoms with Crippen LogP contribution in [0.25, 0.3) is 0 Å². The van der Waals surface area contributed by atoms with Gasteiger partial charge in [0.15, 0.2) is 0 Å². The maximum absolute atomic E-state index is 7.00. The van der Waals surface area contributed by atoms with Gasteiger partial charge in [0.2, 0.25) is 3.79 Å². The molecular weight excluding hydrogens is 194 g/mol. The van der Waals surface area contributed by atoms with Crippen molar-refractivity contribution in [3.8, 4) is 0 Å². The summed E-state index contributed by atoms with van der Waals surface area (Å²) in [6, 6.07) is 0. The molecule has 0 amide bonds. The highest BCUT2D eigenvalue weighted by molar-refractivity contribution is 6.69. The summed E-state index contributed by atoms with van der Waals surface area (Å²) >= 11 is 20.4. The normalized spacial score (nSPS) is 9.75. The number of aliphatic hydroxyl groups excluding tert-OH is 1. The Morgan fingerprint density at radius 1 is 1.25 bits per heavy atom. The number of halogens is 4. The molecule has 0 saturated carbocycles. The molecule has 0 rings (SSSR count). The van der Waals surface area contributed by atoms with Gasteiger partial charge in [-0.2, -0.15) is 0 Å². The van der Waals surface area contributed by atoms with Gasteiger partial charge in [-0.25, -0.2) is 0 Å². The summed E-state index contributed by atoms with van der Waals surface area (Å²) in [4.78, 5) is 0. The molecule has 5 heteroatoms. The molecule has 0 aliphatic carbocycles. The van der Waals surface area contributed by atoms with E-state index in [0.29, 0.717) is 0 Å². The zero-order valence-corrected chi connectivity index (χ0v) is 7.19. The first kappa shape index (κ1) is 11.9. The Bertz CT molecular complexity index is 41.0. The number of alkyl halides is 4. The number of rotatable bonds is 0. The SMILES string of the molecule is CO.ClCC(Cl)(Cl)Cl. The van der Waals surface area contributed by atoms with Crippen LogP contribution in [0.5, 0.6) is 0 Å². The lowest BCUT2D eigenvalue weighted by Gasteiger charge is -2.00. The lowest BCUT2D eigenvalue weighted by Crippen LogP contribution is -2.01. The Morgan fingerprint density at radius 3 is 1.38 bits per heavy atom. The summed E-state index contributed by atoms with van der Waals surface area (Å²) in [5.74, 6) is 0.0394. The maximum atomic E-state index is 7.00. The molecule has 0 heterocycles. The van der Waals surface area contributed by atoms with E-state index in [1.165, 1.54) is 0 Å². The second-order valence-electron chi connectivity index (χ2n) is 0.749. The number of hydrogen-bond donors (Lipinski definition) is 1. The minimum absolute atomic E-state index is 0.0394. The van der Waals surface area contributed by atoms with E-state index in [-0.39, 0.29) is 5.88 Å². The van der Waals surface area contributed by atoms with Crippen molar-refractivity contribution in [1.82, 2.24) is 0 Å². The third-order valence-electron chi connectivity index (χ3n) is 0.152. The topological polar surface area (TPSA) is 20.2 Å². The molecule has 0 fully saturated rings. The molecule has 0 aliphatic heterocycles. The van der Waals surface area contributed by atoms with Crippen LogP contribution in [0.2, 0.25) is 0 Å². The summed E-state index contributed by atoms with van der Waals surface area (Å²) in [6.07, 6.45) is 0. The van der Waals surface area contributed by atoms with Gasteiger partial charge in [0.05, 0.1) is 5.88 Å². The molecular formula is C3H6Cl4O. The summed E-state index contributed by atoms with van der Waals surface area (Å²) in [5.41, 5.74) is 0. The molecule has 1 nitrogen and oxygen atoms in total. The van der Waals surface area contributed by atoms with Gasteiger partial charge in [-0.1, -0.05) is 34.8 Å². The third kappa shape index (κ3) is 15.7. The standard InChI is InChI=1S/C2H2Cl4.CH4O/c3-1-2(4,5)6;1-2/h1H2;2H,1H3. The van der Waals surface area contributed by atoms with Crippen LogP contribution < -0.4 is 0 Å². The van der Waals surface area contributed by atoms with Crippen molar-refractivity contribution < 1.29 is 5.11 Å². The first-order valence-corrected chi connectivity index (χ1v) is 3.30. The summed E-state index contributed by atoms with van der Waals surface area (Å²) < 4.78 is -1.28. The molecule has 0 aliphatic rings. The third-order valence-corrected chi connectivity index (χ3v) is 1.36. The molecule has 0 bridgehead atoms. The van der Waals surface area contributed by atoms with E-state index in [9.17, 15) is 0 Å². The van der Waals surface area contributed by atoms with Crippen LogP contribution in [0.4, 0.5) is 0 Å². The Balaban J connectivity index is 0. The van der Waals surface area contributed by atoms with Gasteiger partial charge in [-0.15, -0.1) is 11.6 Å². The van der Waals surface area contributed by atoms with Crippen molar-refractivity contribution in [2.75, 3.05) is 13.0 Å². The predicted octanol–water partition coefficient (Wildman–Crippen LogP) is 2.20. The van der Waals surface area contributed by atoms with Crippen molar-refractivity contribution in [2.45, 2.75) is 3.79 Å². The Morgan fingerprint density at radius 2 is 1.38 bits per heavy atom. The first-order chi connectivity index (χ1) is 3.56. The van der Waals surface area contributed by atoms with Crippen molar-refractivity contribution in [3.63, 3.8) is 0 Å². The van der Waals surface area contributed by atoms with Gasteiger partial charge in [-0.3, -0.25) is 0 Å². The van der Waals surface area contributed by atoms with E-state index < -0.39 is 3.79 Å². The minimum atomic E-state index is -1.28. The van der Waals surface area contributed by atoms with Crippen molar-refractivity contribution >= 4 is 46.4 Å². The van der Waals surface area contributed by atoms with Crippen molar-refractivity contribution in [3.05, 3.63) is 0 Å². The van der Waals surface area contributed by atoms with Gasteiger partial charge < -0.3 is 5.11 Å². The highest BCUT2D eigenvalue weighted by atomic mass is 35.6. The summed E-state index contributed by atoms with van der Waals surface area (Å²) in [5, 5.41) is 7.00. The summed E-state index contributed by atoms with van der Waals surface area (Å²) in [7, 11) is 1.00. The van der Waals surface area contributed by atoms with Crippen LogP contribution in [0.15, 0.2) is 0 Å². The van der Waals surface area contributed by atoms with Crippen LogP contribution in [0.3, 0.4) is 0 Å². The fraction of sp³-hybridized carbons (Fsp3) is 1.00. The van der Waals surface area contributed by atoms with Crippen LogP contribution in [0.1, 0.15) is 0 Å². The van der Waals surface area contributed by atoms with Crippen LogP contribution in [-0.2, 0) is 0 Å². The Kier molecular flexibility index (Phi) is 9.26. The number of aliphatic hydroxyl groups is 1. The zero-order chi connectivity index (χ0) is 7.21. The average Bonchev–Trinajstić information content (AvgIpc) is 1.71. The smallest absolute Gasteiger partial charge is 0.203 e. The summed E-state index contributed by atoms with van der Waals surface area (Å²) in [6.45, 7) is 0. The Labute approximate surface area is 68.5 Å². The second kappa shape index (κ2) is 6.24. The molecule has 0 unspecified atom stereocenters. The van der Waals surface area contributed by atoms with Crippen molar-refractivity contribution in [1.29, 1.82) is 0 Å². The number of hydrogen-bond acceptors (Lipinski definition) is 1. The van der Waals surface area contributed by atoms with Crippen LogP contribution in [-0.4, -0.2) is 21.9 Å². The molecule has 52 valence electrons. The lowest BCUT2D eigenvalue weighted by atomic mass is 10.9. The van der Waals surface area contributed by atoms with Gasteiger partial charge in [-0.05, 0) is 0 Å². The zero-order valence-electron chi connectivity index (χ0n) is 4.17. The monoisotopic (exact) mass is 198 g/mol. The highest BCUT2D eigenvalue weighted by Crippen LogP contribution is 2.26. The van der Waals surface area contributed by atoms with Crippen LogP contribution >= 0.6 is 46.4 Å². The van der Waals surface area contributed by atoms with E-state index in [4.69, 9.17) is 51.5 Å². The molecule has 8 heavy (non-hydrogen) atoms. The molecule has 0 aromatic carbocycles. The first-order valence-electron chi connectivity index (χ1n) is 1.63. The second-order valence-corrected chi connectivity index (χ2v) is 3.53. The fourth-order valence-electron chi connectivity index (χ4n) is 0.